The quantitative estimate of drug-likeness (QED) is 0.488. The molecule has 11 nitrogen and oxygen atoms in total. The first-order chi connectivity index (χ1) is 18.4. The summed E-state index contributed by atoms with van der Waals surface area (Å²) in [4.78, 5) is 40.1. The highest BCUT2D eigenvalue weighted by molar-refractivity contribution is 5.97. The number of nitrogens with zero attached hydrogens (tertiary/aromatic N) is 5. The van der Waals surface area contributed by atoms with Crippen LogP contribution in [0.4, 0.5) is 10.6 Å². The van der Waals surface area contributed by atoms with Crippen LogP contribution in [0.1, 0.15) is 40.3 Å². The van der Waals surface area contributed by atoms with Gasteiger partial charge in [-0.2, -0.15) is 0 Å². The molecule has 3 aromatic rings. The number of benzene rings is 1. The summed E-state index contributed by atoms with van der Waals surface area (Å²) in [5.74, 6) is 1.57. The van der Waals surface area contributed by atoms with Crippen LogP contribution in [0.25, 0.3) is 16.5 Å². The Morgan fingerprint density at radius 3 is 2.56 bits per heavy atom. The number of rotatable bonds is 5. The lowest BCUT2D eigenvalue weighted by Gasteiger charge is -2.36. The van der Waals surface area contributed by atoms with E-state index in [4.69, 9.17) is 14.5 Å². The monoisotopic (exact) mass is 532 g/mol. The van der Waals surface area contributed by atoms with Crippen molar-refractivity contribution in [1.82, 2.24) is 19.8 Å². The zero-order valence-corrected chi connectivity index (χ0v) is 22.8. The molecule has 0 fully saturated rings. The molecule has 0 radical (unpaired) electrons. The van der Waals surface area contributed by atoms with Crippen LogP contribution in [0.2, 0.25) is 0 Å². The molecule has 0 saturated heterocycles. The Bertz CT molecular complexity index is 1460. The molecule has 2 aromatic heterocycles. The molecule has 39 heavy (non-hydrogen) atoms. The second kappa shape index (κ2) is 11.1. The van der Waals surface area contributed by atoms with Crippen molar-refractivity contribution in [3.8, 4) is 11.5 Å². The molecule has 1 aliphatic heterocycles. The number of anilines is 1. The number of aromatic nitrogens is 2. The summed E-state index contributed by atoms with van der Waals surface area (Å²) in [6.07, 6.45) is 1.46. The highest BCUT2D eigenvalue weighted by Gasteiger charge is 2.33. The van der Waals surface area contributed by atoms with Crippen molar-refractivity contribution in [3.63, 3.8) is 0 Å². The van der Waals surface area contributed by atoms with Crippen LogP contribution in [0.3, 0.4) is 0 Å². The van der Waals surface area contributed by atoms with E-state index in [9.17, 15) is 14.7 Å². The zero-order valence-electron chi connectivity index (χ0n) is 22.8. The van der Waals surface area contributed by atoms with Crippen LogP contribution >= 0.6 is 0 Å². The molecule has 1 unspecified atom stereocenters. The number of hydrogen-bond acceptors (Lipinski definition) is 9. The van der Waals surface area contributed by atoms with E-state index >= 15 is 0 Å². The average Bonchev–Trinajstić information content (AvgIpc) is 2.85. The second-order valence-electron chi connectivity index (χ2n) is 9.93. The highest BCUT2D eigenvalue weighted by Crippen LogP contribution is 2.29. The van der Waals surface area contributed by atoms with Crippen LogP contribution in [0.15, 0.2) is 59.9 Å². The van der Waals surface area contributed by atoms with E-state index in [0.717, 1.165) is 5.39 Å². The van der Waals surface area contributed by atoms with E-state index in [1.165, 1.54) is 22.9 Å². The zero-order chi connectivity index (χ0) is 28.3. The number of nitrogens with one attached hydrogen (secondary N) is 1. The van der Waals surface area contributed by atoms with Gasteiger partial charge < -0.3 is 24.8 Å². The Hall–Kier alpha value is -4.51. The van der Waals surface area contributed by atoms with Gasteiger partial charge >= 0.3 is 6.09 Å². The molecule has 1 aliphatic rings. The molecular weight excluding hydrogens is 500 g/mol. The maximum absolute atomic E-state index is 12.7. The first kappa shape index (κ1) is 27.5. The number of fused-ring (bicyclic) bond motifs is 1. The fourth-order valence-electron chi connectivity index (χ4n) is 3.92. The number of aliphatic imine (C=N–C) groups is 1. The Labute approximate surface area is 226 Å². The van der Waals surface area contributed by atoms with Crippen LogP contribution in [0.5, 0.6) is 11.5 Å². The predicted molar refractivity (Wildman–Crippen MR) is 148 cm³/mol. The first-order valence-corrected chi connectivity index (χ1v) is 12.5. The molecule has 204 valence electrons. The lowest BCUT2D eigenvalue weighted by molar-refractivity contribution is -0.114. The third kappa shape index (κ3) is 6.50. The van der Waals surface area contributed by atoms with E-state index in [2.05, 4.69) is 15.3 Å². The van der Waals surface area contributed by atoms with E-state index in [1.807, 2.05) is 25.1 Å². The number of carbonyl (C=O) groups excluding carboxylic acids is 2. The SMILES string of the molecule is CCN(C(=O)OC(C)(C)C)C1=NC=C(c2ccc3cc(Oc4ccnc(NC(C)=O)c4)ccc3n2)C(O)N1C. The number of hydrogen-bond donors (Lipinski definition) is 2. The number of likely N-dealkylation sites (N-methyl/N-ethyl adjacent to an activating group) is 1. The van der Waals surface area contributed by atoms with Gasteiger partial charge in [0.1, 0.15) is 22.9 Å². The van der Waals surface area contributed by atoms with Gasteiger partial charge in [-0.1, -0.05) is 6.07 Å². The van der Waals surface area contributed by atoms with Gasteiger partial charge in [-0.25, -0.2) is 24.7 Å². The largest absolute Gasteiger partial charge is 0.457 e. The maximum Gasteiger partial charge on any atom is 0.417 e. The average molecular weight is 533 g/mol. The predicted octanol–water partition coefficient (Wildman–Crippen LogP) is 4.60. The molecule has 1 atom stereocenters. The molecule has 3 heterocycles. The van der Waals surface area contributed by atoms with Gasteiger partial charge in [-0.15, -0.1) is 0 Å². The van der Waals surface area contributed by atoms with Gasteiger partial charge in [0.05, 0.1) is 11.2 Å². The Morgan fingerprint density at radius 2 is 1.87 bits per heavy atom. The number of pyridine rings is 2. The number of aliphatic hydroxyl groups excluding tert-OH is 1. The molecule has 0 aliphatic carbocycles. The van der Waals surface area contributed by atoms with Crippen molar-refractivity contribution in [2.45, 2.75) is 46.4 Å². The Morgan fingerprint density at radius 1 is 1.13 bits per heavy atom. The molecule has 2 amide bonds. The number of aliphatic hydroxyl groups is 1. The fourth-order valence-corrected chi connectivity index (χ4v) is 3.92. The summed E-state index contributed by atoms with van der Waals surface area (Å²) in [6.45, 7) is 8.92. The van der Waals surface area contributed by atoms with Crippen molar-refractivity contribution in [1.29, 1.82) is 0 Å². The third-order valence-electron chi connectivity index (χ3n) is 5.68. The second-order valence-corrected chi connectivity index (χ2v) is 9.93. The van der Waals surface area contributed by atoms with Crippen molar-refractivity contribution >= 4 is 40.3 Å². The molecule has 2 N–H and O–H groups in total. The van der Waals surface area contributed by atoms with Crippen molar-refractivity contribution in [3.05, 3.63) is 60.6 Å². The van der Waals surface area contributed by atoms with Crippen molar-refractivity contribution in [2.24, 2.45) is 4.99 Å². The van der Waals surface area contributed by atoms with E-state index in [0.29, 0.717) is 40.6 Å². The lowest BCUT2D eigenvalue weighted by atomic mass is 10.1. The molecule has 4 rings (SSSR count). The van der Waals surface area contributed by atoms with Gasteiger partial charge in [0.25, 0.3) is 0 Å². The van der Waals surface area contributed by atoms with E-state index < -0.39 is 17.9 Å². The van der Waals surface area contributed by atoms with E-state index in [-0.39, 0.29) is 11.9 Å². The number of ether oxygens (including phenoxy) is 2. The molecule has 11 heteroatoms. The minimum absolute atomic E-state index is 0.218. The fraction of sp³-hybridized carbons (Fsp3) is 0.321. The summed E-state index contributed by atoms with van der Waals surface area (Å²) >= 11 is 0. The van der Waals surface area contributed by atoms with Crippen LogP contribution < -0.4 is 10.1 Å². The van der Waals surface area contributed by atoms with Crippen LogP contribution in [-0.4, -0.2) is 68.3 Å². The summed E-state index contributed by atoms with van der Waals surface area (Å²) in [5.41, 5.74) is 1.08. The molecule has 0 saturated carbocycles. The molecule has 0 spiro atoms. The maximum atomic E-state index is 12.7. The Balaban J connectivity index is 1.57. The smallest absolute Gasteiger partial charge is 0.417 e. The van der Waals surface area contributed by atoms with Crippen molar-refractivity contribution < 1.29 is 24.2 Å². The van der Waals surface area contributed by atoms with Gasteiger partial charge in [0.2, 0.25) is 11.9 Å². The Kier molecular flexibility index (Phi) is 7.82. The summed E-state index contributed by atoms with van der Waals surface area (Å²) in [6, 6.07) is 12.5. The molecular formula is C28H32N6O5. The van der Waals surface area contributed by atoms with Crippen molar-refractivity contribution in [2.75, 3.05) is 18.9 Å². The number of amides is 2. The topological polar surface area (TPSA) is 129 Å². The van der Waals surface area contributed by atoms with Gasteiger partial charge in [0, 0.05) is 49.9 Å². The summed E-state index contributed by atoms with van der Waals surface area (Å²) in [7, 11) is 1.66. The molecule has 1 aromatic carbocycles. The van der Waals surface area contributed by atoms with Gasteiger partial charge in [-0.3, -0.25) is 4.79 Å². The molecule has 0 bridgehead atoms. The minimum Gasteiger partial charge on any atom is -0.457 e. The lowest BCUT2D eigenvalue weighted by Crippen LogP contribution is -2.52. The van der Waals surface area contributed by atoms with Crippen LogP contribution in [-0.2, 0) is 9.53 Å². The first-order valence-electron chi connectivity index (χ1n) is 12.5. The number of guanidine groups is 1. The summed E-state index contributed by atoms with van der Waals surface area (Å²) < 4.78 is 11.4. The number of carbonyl (C=O) groups is 2. The third-order valence-corrected chi connectivity index (χ3v) is 5.68. The van der Waals surface area contributed by atoms with Gasteiger partial charge in [0.15, 0.2) is 6.23 Å². The highest BCUT2D eigenvalue weighted by atomic mass is 16.6. The standard InChI is InChI=1S/C28H32N6O5/c1-7-34(27(37)39-28(3,4)5)26-30-16-21(25(36)33(26)6)23-10-8-18-14-19(9-11-22(18)32-23)38-20-12-13-29-24(15-20)31-17(2)35/h8-16,25,36H,7H2,1-6H3,(H,29,31,35). The normalized spacial score (nSPS) is 15.4. The van der Waals surface area contributed by atoms with Crippen LogP contribution in [0, 0.1) is 0 Å². The summed E-state index contributed by atoms with van der Waals surface area (Å²) in [5, 5.41) is 14.5. The van der Waals surface area contributed by atoms with Gasteiger partial charge in [-0.05, 0) is 58.0 Å². The minimum atomic E-state index is -1.08. The van der Waals surface area contributed by atoms with E-state index in [1.54, 1.807) is 58.3 Å².